The van der Waals surface area contributed by atoms with Crippen molar-refractivity contribution in [1.82, 2.24) is 4.72 Å². The highest BCUT2D eigenvalue weighted by Gasteiger charge is 2.50. The van der Waals surface area contributed by atoms with Gasteiger partial charge in [0.25, 0.3) is 0 Å². The van der Waals surface area contributed by atoms with Crippen LogP contribution in [-0.2, 0) is 31.4 Å². The van der Waals surface area contributed by atoms with Crippen LogP contribution in [0.5, 0.6) is 5.75 Å². The SMILES string of the molecule is COc1ccc(CNS(=O)(=O)c2ccc(N3C(=O)C(C)(C)CS3(=O)=O)cc2C)cc1. The minimum absolute atomic E-state index is 0.0167. The number of sulfonamides is 2. The van der Waals surface area contributed by atoms with E-state index in [1.807, 2.05) is 0 Å². The van der Waals surface area contributed by atoms with E-state index in [0.717, 1.165) is 9.87 Å². The molecule has 1 N–H and O–H groups in total. The number of hydrogen-bond acceptors (Lipinski definition) is 6. The molecule has 2 aromatic carbocycles. The zero-order chi connectivity index (χ0) is 22.3. The van der Waals surface area contributed by atoms with Gasteiger partial charge in [-0.1, -0.05) is 12.1 Å². The van der Waals surface area contributed by atoms with Crippen LogP contribution in [0.1, 0.15) is 25.0 Å². The van der Waals surface area contributed by atoms with Gasteiger partial charge in [0, 0.05) is 6.54 Å². The molecule has 162 valence electrons. The van der Waals surface area contributed by atoms with Crippen molar-refractivity contribution in [2.75, 3.05) is 17.2 Å². The predicted octanol–water partition coefficient (Wildman–Crippen LogP) is 2.18. The summed E-state index contributed by atoms with van der Waals surface area (Å²) in [5, 5.41) is 0. The van der Waals surface area contributed by atoms with Crippen LogP contribution in [0.4, 0.5) is 5.69 Å². The van der Waals surface area contributed by atoms with Crippen molar-refractivity contribution in [2.24, 2.45) is 5.41 Å². The molecule has 1 aliphatic heterocycles. The van der Waals surface area contributed by atoms with Crippen LogP contribution in [0, 0.1) is 12.3 Å². The average molecular weight is 453 g/mol. The number of anilines is 1. The van der Waals surface area contributed by atoms with Crippen LogP contribution in [0.2, 0.25) is 0 Å². The van der Waals surface area contributed by atoms with Crippen molar-refractivity contribution < 1.29 is 26.4 Å². The van der Waals surface area contributed by atoms with Crippen LogP contribution >= 0.6 is 0 Å². The maximum Gasteiger partial charge on any atom is 0.247 e. The molecule has 30 heavy (non-hydrogen) atoms. The van der Waals surface area contributed by atoms with E-state index in [1.54, 1.807) is 52.1 Å². The average Bonchev–Trinajstić information content (AvgIpc) is 2.82. The van der Waals surface area contributed by atoms with E-state index in [2.05, 4.69) is 4.72 Å². The molecule has 1 heterocycles. The number of hydrogen-bond donors (Lipinski definition) is 1. The Morgan fingerprint density at radius 1 is 1.13 bits per heavy atom. The quantitative estimate of drug-likeness (QED) is 0.719. The first-order valence-electron chi connectivity index (χ1n) is 9.18. The molecular formula is C20H24N2O6S2. The number of amides is 1. The molecule has 0 aromatic heterocycles. The number of nitrogens with zero attached hydrogens (tertiary/aromatic N) is 1. The number of benzene rings is 2. The fourth-order valence-electron chi connectivity index (χ4n) is 3.32. The van der Waals surface area contributed by atoms with E-state index >= 15 is 0 Å². The summed E-state index contributed by atoms with van der Waals surface area (Å²) in [6, 6.07) is 11.0. The van der Waals surface area contributed by atoms with Gasteiger partial charge < -0.3 is 4.74 Å². The Bertz CT molecular complexity index is 1190. The minimum Gasteiger partial charge on any atom is -0.497 e. The first-order chi connectivity index (χ1) is 13.9. The number of carbonyl (C=O) groups is 1. The molecule has 10 heteroatoms. The number of rotatable bonds is 6. The molecule has 2 aromatic rings. The molecule has 0 radical (unpaired) electrons. The van der Waals surface area contributed by atoms with Crippen LogP contribution in [-0.4, -0.2) is 35.6 Å². The summed E-state index contributed by atoms with van der Waals surface area (Å²) >= 11 is 0. The molecule has 0 saturated carbocycles. The van der Waals surface area contributed by atoms with Crippen LogP contribution in [0.15, 0.2) is 47.4 Å². The Balaban J connectivity index is 1.84. The molecule has 1 aliphatic rings. The Hall–Kier alpha value is -2.43. The number of nitrogens with one attached hydrogen (secondary N) is 1. The van der Waals surface area contributed by atoms with Gasteiger partial charge in [-0.15, -0.1) is 0 Å². The van der Waals surface area contributed by atoms with Gasteiger partial charge in [-0.3, -0.25) is 4.79 Å². The highest BCUT2D eigenvalue weighted by Crippen LogP contribution is 2.36. The summed E-state index contributed by atoms with van der Waals surface area (Å²) < 4.78 is 58.8. The molecule has 1 amide bonds. The Labute approximate surface area is 177 Å². The van der Waals surface area contributed by atoms with Crippen molar-refractivity contribution in [3.63, 3.8) is 0 Å². The fourth-order valence-corrected chi connectivity index (χ4v) is 6.66. The number of carbonyl (C=O) groups excluding carboxylic acids is 1. The number of ether oxygens (including phenoxy) is 1. The van der Waals surface area contributed by atoms with Crippen molar-refractivity contribution in [3.8, 4) is 5.75 Å². The Morgan fingerprint density at radius 3 is 2.27 bits per heavy atom. The summed E-state index contributed by atoms with van der Waals surface area (Å²) in [5.74, 6) is -0.154. The van der Waals surface area contributed by atoms with Crippen molar-refractivity contribution in [2.45, 2.75) is 32.2 Å². The molecular weight excluding hydrogens is 428 g/mol. The molecule has 8 nitrogen and oxygen atoms in total. The zero-order valence-corrected chi connectivity index (χ0v) is 18.8. The molecule has 1 fully saturated rings. The topological polar surface area (TPSA) is 110 Å². The van der Waals surface area contributed by atoms with Crippen molar-refractivity contribution >= 4 is 31.6 Å². The second-order valence-corrected chi connectivity index (χ2v) is 11.4. The Kier molecular flexibility index (Phi) is 5.70. The first kappa shape index (κ1) is 22.3. The first-order valence-corrected chi connectivity index (χ1v) is 12.3. The maximum absolute atomic E-state index is 12.7. The standard InChI is InChI=1S/C20H24N2O6S2/c1-14-11-16(22-19(23)20(2,3)13-29(22,24)25)7-10-18(14)30(26,27)21-12-15-5-8-17(28-4)9-6-15/h5-11,21H,12-13H2,1-4H3. The van der Waals surface area contributed by atoms with E-state index in [1.165, 1.54) is 18.2 Å². The van der Waals surface area contributed by atoms with Crippen LogP contribution in [0.3, 0.4) is 0 Å². The molecule has 0 atom stereocenters. The lowest BCUT2D eigenvalue weighted by atomic mass is 9.95. The van der Waals surface area contributed by atoms with E-state index in [4.69, 9.17) is 4.74 Å². The van der Waals surface area contributed by atoms with E-state index in [0.29, 0.717) is 11.3 Å². The van der Waals surface area contributed by atoms with Crippen molar-refractivity contribution in [3.05, 3.63) is 53.6 Å². The highest BCUT2D eigenvalue weighted by molar-refractivity contribution is 7.94. The van der Waals surface area contributed by atoms with Gasteiger partial charge in [0.2, 0.25) is 26.0 Å². The summed E-state index contributed by atoms with van der Waals surface area (Å²) in [6.45, 7) is 4.79. The van der Waals surface area contributed by atoms with Crippen molar-refractivity contribution in [1.29, 1.82) is 0 Å². The monoisotopic (exact) mass is 452 g/mol. The smallest absolute Gasteiger partial charge is 0.247 e. The highest BCUT2D eigenvalue weighted by atomic mass is 32.2. The van der Waals surface area contributed by atoms with Gasteiger partial charge in [-0.2, -0.15) is 0 Å². The van der Waals surface area contributed by atoms with Crippen LogP contribution < -0.4 is 13.8 Å². The maximum atomic E-state index is 12.7. The van der Waals surface area contributed by atoms with E-state index in [9.17, 15) is 21.6 Å². The molecule has 0 aliphatic carbocycles. The zero-order valence-electron chi connectivity index (χ0n) is 17.2. The van der Waals surface area contributed by atoms with Gasteiger partial charge in [0.1, 0.15) is 5.75 Å². The third-order valence-electron chi connectivity index (χ3n) is 4.89. The normalized spacial score (nSPS) is 17.9. The number of aryl methyl sites for hydroxylation is 1. The predicted molar refractivity (Wildman–Crippen MR) is 113 cm³/mol. The summed E-state index contributed by atoms with van der Waals surface area (Å²) in [6.07, 6.45) is 0. The second-order valence-electron chi connectivity index (χ2n) is 7.83. The lowest BCUT2D eigenvalue weighted by Gasteiger charge is -2.19. The van der Waals surface area contributed by atoms with Gasteiger partial charge in [0.15, 0.2) is 0 Å². The second kappa shape index (κ2) is 7.68. The third-order valence-corrected chi connectivity index (χ3v) is 8.47. The largest absolute Gasteiger partial charge is 0.497 e. The minimum atomic E-state index is -3.84. The number of methoxy groups -OCH3 is 1. The lowest BCUT2D eigenvalue weighted by Crippen LogP contribution is -2.33. The van der Waals surface area contributed by atoms with Gasteiger partial charge >= 0.3 is 0 Å². The van der Waals surface area contributed by atoms with E-state index < -0.39 is 31.4 Å². The third kappa shape index (κ3) is 4.21. The molecule has 0 spiro atoms. The van der Waals surface area contributed by atoms with Gasteiger partial charge in [-0.05, 0) is 62.2 Å². The fraction of sp³-hybridized carbons (Fsp3) is 0.350. The van der Waals surface area contributed by atoms with Gasteiger partial charge in [-0.25, -0.2) is 25.9 Å². The molecule has 1 saturated heterocycles. The molecule has 0 unspecified atom stereocenters. The summed E-state index contributed by atoms with van der Waals surface area (Å²) in [7, 11) is -6.10. The summed E-state index contributed by atoms with van der Waals surface area (Å²) in [5.41, 5.74) is 0.196. The lowest BCUT2D eigenvalue weighted by molar-refractivity contribution is -0.123. The Morgan fingerprint density at radius 2 is 1.77 bits per heavy atom. The van der Waals surface area contributed by atoms with E-state index in [-0.39, 0.29) is 22.9 Å². The summed E-state index contributed by atoms with van der Waals surface area (Å²) in [4.78, 5) is 12.6. The molecule has 3 rings (SSSR count). The van der Waals surface area contributed by atoms with Gasteiger partial charge in [0.05, 0.1) is 28.9 Å². The molecule has 0 bridgehead atoms. The van der Waals surface area contributed by atoms with Crippen LogP contribution in [0.25, 0.3) is 0 Å².